The molecule has 0 aliphatic carbocycles. The minimum absolute atomic E-state index is 0.135. The molecule has 0 atom stereocenters. The average Bonchev–Trinajstić information content (AvgIpc) is 2.04. The summed E-state index contributed by atoms with van der Waals surface area (Å²) in [6.45, 7) is 5.90. The summed E-state index contributed by atoms with van der Waals surface area (Å²) in [5.74, 6) is -0.292. The van der Waals surface area contributed by atoms with E-state index < -0.39 is 5.97 Å². The number of hydrogen-bond donors (Lipinski definition) is 1. The summed E-state index contributed by atoms with van der Waals surface area (Å²) in [6, 6.07) is 0. The minimum atomic E-state index is -0.427. The van der Waals surface area contributed by atoms with E-state index >= 15 is 0 Å². The van der Waals surface area contributed by atoms with Gasteiger partial charge >= 0.3 is 5.97 Å². The van der Waals surface area contributed by atoms with Gasteiger partial charge in [0.2, 0.25) is 0 Å². The van der Waals surface area contributed by atoms with E-state index in [9.17, 15) is 4.79 Å². The lowest BCUT2D eigenvalue weighted by molar-refractivity contribution is -0.138. The van der Waals surface area contributed by atoms with Crippen LogP contribution in [-0.2, 0) is 14.3 Å². The fraction of sp³-hybridized carbons (Fsp3) is 0.625. The van der Waals surface area contributed by atoms with Gasteiger partial charge in [0.25, 0.3) is 0 Å². The van der Waals surface area contributed by atoms with Gasteiger partial charge in [0.1, 0.15) is 0 Å². The maximum Gasteiger partial charge on any atom is 0.339 e. The monoisotopic (exact) mass is 173 g/mol. The van der Waals surface area contributed by atoms with Crippen molar-refractivity contribution in [1.29, 1.82) is 0 Å². The van der Waals surface area contributed by atoms with Crippen LogP contribution in [0.1, 0.15) is 20.8 Å². The number of carbonyl (C=O) groups excluding carboxylic acids is 1. The van der Waals surface area contributed by atoms with Gasteiger partial charge in [-0.15, -0.1) is 0 Å². The largest absolute Gasteiger partial charge is 0.479 e. The number of esters is 1. The molecule has 0 aliphatic rings. The van der Waals surface area contributed by atoms with Crippen molar-refractivity contribution in [2.45, 2.75) is 20.8 Å². The first-order valence-corrected chi connectivity index (χ1v) is 3.89. The van der Waals surface area contributed by atoms with Crippen molar-refractivity contribution in [3.05, 3.63) is 11.5 Å². The Labute approximate surface area is 72.3 Å². The molecule has 0 rings (SSSR count). The molecule has 0 aromatic heterocycles. The molecule has 0 aromatic rings. The van der Waals surface area contributed by atoms with E-state index in [1.807, 2.05) is 0 Å². The molecule has 0 radical (unpaired) electrons. The van der Waals surface area contributed by atoms with Crippen molar-refractivity contribution >= 4 is 5.97 Å². The van der Waals surface area contributed by atoms with Gasteiger partial charge < -0.3 is 15.2 Å². The molecule has 12 heavy (non-hydrogen) atoms. The average molecular weight is 173 g/mol. The summed E-state index contributed by atoms with van der Waals surface area (Å²) in [6.07, 6.45) is 0. The van der Waals surface area contributed by atoms with Gasteiger partial charge in [-0.25, -0.2) is 4.79 Å². The predicted molar refractivity (Wildman–Crippen MR) is 45.1 cm³/mol. The second kappa shape index (κ2) is 5.46. The molecule has 0 saturated carbocycles. The molecular weight excluding hydrogens is 158 g/mol. The van der Waals surface area contributed by atoms with E-state index in [2.05, 4.69) is 0 Å². The van der Waals surface area contributed by atoms with Crippen molar-refractivity contribution in [1.82, 2.24) is 0 Å². The number of nitrogens with two attached hydrogens (primary N) is 1. The zero-order chi connectivity index (χ0) is 9.56. The van der Waals surface area contributed by atoms with Crippen LogP contribution in [0.4, 0.5) is 0 Å². The Morgan fingerprint density at radius 2 is 1.75 bits per heavy atom. The third kappa shape index (κ3) is 3.27. The molecule has 0 heterocycles. The predicted octanol–water partition coefficient (Wildman–Crippen LogP) is 0.776. The van der Waals surface area contributed by atoms with Crippen LogP contribution in [0.5, 0.6) is 0 Å². The van der Waals surface area contributed by atoms with Gasteiger partial charge in [-0.05, 0) is 20.8 Å². The van der Waals surface area contributed by atoms with E-state index in [4.69, 9.17) is 15.2 Å². The molecule has 4 nitrogen and oxygen atoms in total. The third-order valence-electron chi connectivity index (χ3n) is 1.25. The second-order valence-electron chi connectivity index (χ2n) is 2.14. The quantitative estimate of drug-likeness (QED) is 0.387. The van der Waals surface area contributed by atoms with E-state index in [1.165, 1.54) is 0 Å². The molecule has 0 spiro atoms. The molecule has 2 N–H and O–H groups in total. The Kier molecular flexibility index (Phi) is 4.92. The van der Waals surface area contributed by atoms with E-state index in [1.54, 1.807) is 20.8 Å². The third-order valence-corrected chi connectivity index (χ3v) is 1.25. The van der Waals surface area contributed by atoms with E-state index in [0.29, 0.717) is 18.8 Å². The first-order chi connectivity index (χ1) is 5.63. The molecule has 0 aliphatic heterocycles. The summed E-state index contributed by atoms with van der Waals surface area (Å²) in [5.41, 5.74) is 5.73. The highest BCUT2D eigenvalue weighted by molar-refractivity contribution is 5.88. The normalized spacial score (nSPS) is 11.9. The Morgan fingerprint density at radius 1 is 1.25 bits per heavy atom. The lowest BCUT2D eigenvalue weighted by Gasteiger charge is -2.06. The Hall–Kier alpha value is -1.19. The van der Waals surface area contributed by atoms with Crippen LogP contribution < -0.4 is 5.73 Å². The maximum atomic E-state index is 11.0. The Morgan fingerprint density at radius 3 is 2.17 bits per heavy atom. The van der Waals surface area contributed by atoms with Crippen molar-refractivity contribution in [2.24, 2.45) is 5.73 Å². The maximum absolute atomic E-state index is 11.0. The van der Waals surface area contributed by atoms with Gasteiger partial charge in [-0.2, -0.15) is 0 Å². The van der Waals surface area contributed by atoms with Crippen LogP contribution in [0.3, 0.4) is 0 Å². The van der Waals surface area contributed by atoms with Crippen LogP contribution in [-0.4, -0.2) is 19.2 Å². The van der Waals surface area contributed by atoms with Crippen LogP contribution in [0.15, 0.2) is 11.5 Å². The number of hydrogen-bond acceptors (Lipinski definition) is 4. The van der Waals surface area contributed by atoms with Crippen molar-refractivity contribution in [3.63, 3.8) is 0 Å². The highest BCUT2D eigenvalue weighted by atomic mass is 16.5. The number of ether oxygens (including phenoxy) is 2. The van der Waals surface area contributed by atoms with Crippen molar-refractivity contribution < 1.29 is 14.3 Å². The lowest BCUT2D eigenvalue weighted by Crippen LogP contribution is -2.14. The molecule has 0 amide bonds. The summed E-state index contributed by atoms with van der Waals surface area (Å²) in [4.78, 5) is 11.0. The van der Waals surface area contributed by atoms with Gasteiger partial charge in [-0.3, -0.25) is 0 Å². The smallest absolute Gasteiger partial charge is 0.339 e. The van der Waals surface area contributed by atoms with Crippen molar-refractivity contribution in [3.8, 4) is 0 Å². The summed E-state index contributed by atoms with van der Waals surface area (Å²) >= 11 is 0. The van der Waals surface area contributed by atoms with Gasteiger partial charge in [0, 0.05) is 0 Å². The van der Waals surface area contributed by atoms with Crippen LogP contribution in [0.2, 0.25) is 0 Å². The van der Waals surface area contributed by atoms with Gasteiger partial charge in [0.15, 0.2) is 5.88 Å². The van der Waals surface area contributed by atoms with Crippen LogP contribution in [0, 0.1) is 0 Å². The SMILES string of the molecule is CCOC(=O)C(C)=C(N)OCC. The van der Waals surface area contributed by atoms with Gasteiger partial charge in [0.05, 0.1) is 18.8 Å². The first-order valence-electron chi connectivity index (χ1n) is 3.89. The lowest BCUT2D eigenvalue weighted by atomic mass is 10.3. The Bertz CT molecular complexity index is 187. The molecule has 0 bridgehead atoms. The highest BCUT2D eigenvalue weighted by Crippen LogP contribution is 2.01. The zero-order valence-electron chi connectivity index (χ0n) is 7.72. The fourth-order valence-corrected chi connectivity index (χ4v) is 0.604. The fourth-order valence-electron chi connectivity index (χ4n) is 0.604. The second-order valence-corrected chi connectivity index (χ2v) is 2.14. The highest BCUT2D eigenvalue weighted by Gasteiger charge is 2.09. The standard InChI is InChI=1S/C8H15NO3/c1-4-11-7(9)6(3)8(10)12-5-2/h4-5,9H2,1-3H3. The molecule has 0 unspecified atom stereocenters. The Balaban J connectivity index is 4.22. The summed E-state index contributed by atoms with van der Waals surface area (Å²) in [5, 5.41) is 0. The molecule has 0 aromatic carbocycles. The molecule has 0 saturated heterocycles. The van der Waals surface area contributed by atoms with Crippen LogP contribution >= 0.6 is 0 Å². The number of rotatable bonds is 4. The number of carbonyl (C=O) groups is 1. The van der Waals surface area contributed by atoms with E-state index in [0.717, 1.165) is 0 Å². The van der Waals surface area contributed by atoms with Crippen LogP contribution in [0.25, 0.3) is 0 Å². The first kappa shape index (κ1) is 10.8. The molecular formula is C8H15NO3. The van der Waals surface area contributed by atoms with E-state index in [-0.39, 0.29) is 5.88 Å². The zero-order valence-corrected chi connectivity index (χ0v) is 7.72. The minimum Gasteiger partial charge on any atom is -0.479 e. The summed E-state index contributed by atoms with van der Waals surface area (Å²) < 4.78 is 9.64. The van der Waals surface area contributed by atoms with Gasteiger partial charge in [-0.1, -0.05) is 0 Å². The topological polar surface area (TPSA) is 61.5 Å². The molecule has 70 valence electrons. The van der Waals surface area contributed by atoms with Crippen molar-refractivity contribution in [2.75, 3.05) is 13.2 Å². The summed E-state index contributed by atoms with van der Waals surface area (Å²) in [7, 11) is 0. The molecule has 0 fully saturated rings. The molecule has 4 heteroatoms.